The van der Waals surface area contributed by atoms with Gasteiger partial charge in [-0.05, 0) is 55.2 Å². The molecule has 0 saturated heterocycles. The fourth-order valence-electron chi connectivity index (χ4n) is 2.87. The summed E-state index contributed by atoms with van der Waals surface area (Å²) in [5.74, 6) is -0.284. The molecule has 2 unspecified atom stereocenters. The zero-order valence-electron chi connectivity index (χ0n) is 14.9. The van der Waals surface area contributed by atoms with Crippen LogP contribution in [-0.2, 0) is 11.0 Å². The first-order valence-electron chi connectivity index (χ1n) is 8.55. The van der Waals surface area contributed by atoms with E-state index in [9.17, 15) is 22.8 Å². The van der Waals surface area contributed by atoms with Crippen molar-refractivity contribution in [1.82, 2.24) is 0 Å². The minimum Gasteiger partial charge on any atom is -0.326 e. The molecule has 2 aromatic rings. The molecule has 1 saturated carbocycles. The number of hydrogen-bond acceptors (Lipinski definition) is 2. The van der Waals surface area contributed by atoms with Gasteiger partial charge in [-0.2, -0.15) is 13.2 Å². The molecule has 0 spiro atoms. The highest BCUT2D eigenvalue weighted by Crippen LogP contribution is 2.38. The largest absolute Gasteiger partial charge is 0.416 e. The molecule has 0 radical (unpaired) electrons. The van der Waals surface area contributed by atoms with E-state index in [-0.39, 0.29) is 28.6 Å². The van der Waals surface area contributed by atoms with Crippen molar-refractivity contribution >= 4 is 23.2 Å². The molecule has 7 heteroatoms. The van der Waals surface area contributed by atoms with Gasteiger partial charge in [-0.25, -0.2) is 0 Å². The molecule has 27 heavy (non-hydrogen) atoms. The van der Waals surface area contributed by atoms with Crippen molar-refractivity contribution in [2.45, 2.75) is 26.4 Å². The number of aryl methyl sites for hydroxylation is 1. The third-order valence-corrected chi connectivity index (χ3v) is 4.64. The lowest BCUT2D eigenvalue weighted by atomic mass is 10.1. The first-order chi connectivity index (χ1) is 12.6. The molecule has 4 nitrogen and oxygen atoms in total. The van der Waals surface area contributed by atoms with Crippen LogP contribution in [0.2, 0.25) is 0 Å². The van der Waals surface area contributed by atoms with Gasteiger partial charge in [0.15, 0.2) is 0 Å². The minimum atomic E-state index is -4.49. The highest BCUT2D eigenvalue weighted by molar-refractivity contribution is 6.05. The molecular weight excluding hydrogens is 357 g/mol. The fourth-order valence-corrected chi connectivity index (χ4v) is 2.87. The van der Waals surface area contributed by atoms with Crippen LogP contribution in [0.4, 0.5) is 24.5 Å². The normalized spacial score (nSPS) is 18.7. The number of anilines is 2. The zero-order valence-corrected chi connectivity index (χ0v) is 14.9. The SMILES string of the molecule is Cc1ccc(NC(=O)c2cccc(NC(=O)C3CC3C)c2)cc1C(F)(F)F. The van der Waals surface area contributed by atoms with Gasteiger partial charge in [0.05, 0.1) is 5.56 Å². The van der Waals surface area contributed by atoms with Gasteiger partial charge < -0.3 is 10.6 Å². The van der Waals surface area contributed by atoms with Gasteiger partial charge in [-0.3, -0.25) is 9.59 Å². The first-order valence-corrected chi connectivity index (χ1v) is 8.55. The van der Waals surface area contributed by atoms with E-state index in [4.69, 9.17) is 0 Å². The van der Waals surface area contributed by atoms with Gasteiger partial charge in [-0.1, -0.05) is 19.1 Å². The van der Waals surface area contributed by atoms with E-state index in [1.165, 1.54) is 31.2 Å². The molecule has 0 bridgehead atoms. The number of amides is 2. The summed E-state index contributed by atoms with van der Waals surface area (Å²) >= 11 is 0. The van der Waals surface area contributed by atoms with Crippen LogP contribution >= 0.6 is 0 Å². The molecule has 3 rings (SSSR count). The second kappa shape index (κ2) is 7.06. The topological polar surface area (TPSA) is 58.2 Å². The van der Waals surface area contributed by atoms with Crippen LogP contribution in [0, 0.1) is 18.8 Å². The Kier molecular flexibility index (Phi) is 4.95. The molecule has 1 aliphatic carbocycles. The number of nitrogens with one attached hydrogen (secondary N) is 2. The maximum Gasteiger partial charge on any atom is 0.416 e. The molecule has 0 aromatic heterocycles. The van der Waals surface area contributed by atoms with Crippen molar-refractivity contribution < 1.29 is 22.8 Å². The maximum absolute atomic E-state index is 13.0. The van der Waals surface area contributed by atoms with E-state index in [1.54, 1.807) is 12.1 Å². The molecule has 2 atom stereocenters. The summed E-state index contributed by atoms with van der Waals surface area (Å²) in [5.41, 5.74) is 0.0657. The van der Waals surface area contributed by atoms with Crippen molar-refractivity contribution in [3.05, 3.63) is 59.2 Å². The highest BCUT2D eigenvalue weighted by Gasteiger charge is 2.39. The average Bonchev–Trinajstić information content (AvgIpc) is 3.33. The Hall–Kier alpha value is -2.83. The third kappa shape index (κ3) is 4.48. The van der Waals surface area contributed by atoms with E-state index in [2.05, 4.69) is 10.6 Å². The third-order valence-electron chi connectivity index (χ3n) is 4.64. The molecule has 1 aliphatic rings. The fraction of sp³-hybridized carbons (Fsp3) is 0.300. The lowest BCUT2D eigenvalue weighted by molar-refractivity contribution is -0.138. The van der Waals surface area contributed by atoms with Crippen molar-refractivity contribution in [1.29, 1.82) is 0 Å². The van der Waals surface area contributed by atoms with Gasteiger partial charge in [-0.15, -0.1) is 0 Å². The van der Waals surface area contributed by atoms with E-state index in [0.717, 1.165) is 12.5 Å². The van der Waals surface area contributed by atoms with Crippen LogP contribution in [0.15, 0.2) is 42.5 Å². The van der Waals surface area contributed by atoms with Gasteiger partial charge in [0.1, 0.15) is 0 Å². The summed E-state index contributed by atoms with van der Waals surface area (Å²) in [5, 5.41) is 5.23. The van der Waals surface area contributed by atoms with Crippen molar-refractivity contribution in [2.75, 3.05) is 10.6 Å². The average molecular weight is 376 g/mol. The molecule has 142 valence electrons. The van der Waals surface area contributed by atoms with Gasteiger partial charge in [0.25, 0.3) is 5.91 Å². The van der Waals surface area contributed by atoms with Gasteiger partial charge in [0.2, 0.25) is 5.91 Å². The molecular formula is C20H19F3N2O2. The van der Waals surface area contributed by atoms with Gasteiger partial charge >= 0.3 is 6.18 Å². The second-order valence-corrected chi connectivity index (χ2v) is 6.87. The standard InChI is InChI=1S/C20H19F3N2O2/c1-11-6-7-15(10-17(11)20(21,22)23)24-18(26)13-4-3-5-14(9-13)25-19(27)16-8-12(16)2/h3-7,9-10,12,16H,8H2,1-2H3,(H,24,26)(H,25,27). The zero-order chi connectivity index (χ0) is 19.8. The van der Waals surface area contributed by atoms with E-state index >= 15 is 0 Å². The number of benzene rings is 2. The lowest BCUT2D eigenvalue weighted by Gasteiger charge is -2.13. The Morgan fingerprint density at radius 2 is 1.70 bits per heavy atom. The summed E-state index contributed by atoms with van der Waals surface area (Å²) in [6.07, 6.45) is -3.64. The Morgan fingerprint density at radius 1 is 1.04 bits per heavy atom. The van der Waals surface area contributed by atoms with Crippen LogP contribution in [0.1, 0.15) is 34.8 Å². The molecule has 0 heterocycles. The summed E-state index contributed by atoms with van der Waals surface area (Å²) < 4.78 is 39.0. The second-order valence-electron chi connectivity index (χ2n) is 6.87. The molecule has 2 amide bonds. The smallest absolute Gasteiger partial charge is 0.326 e. The van der Waals surface area contributed by atoms with Crippen LogP contribution in [0.25, 0.3) is 0 Å². The van der Waals surface area contributed by atoms with E-state index in [0.29, 0.717) is 11.6 Å². The molecule has 2 aromatic carbocycles. The van der Waals surface area contributed by atoms with Crippen LogP contribution in [-0.4, -0.2) is 11.8 Å². The molecule has 1 fully saturated rings. The number of halogens is 3. The lowest BCUT2D eigenvalue weighted by Crippen LogP contribution is -2.16. The predicted octanol–water partition coefficient (Wildman–Crippen LogP) is 4.86. The summed E-state index contributed by atoms with van der Waals surface area (Å²) in [7, 11) is 0. The van der Waals surface area contributed by atoms with Gasteiger partial charge in [0, 0.05) is 22.9 Å². The number of carbonyl (C=O) groups excluding carboxylic acids is 2. The number of alkyl halides is 3. The Bertz CT molecular complexity index is 893. The van der Waals surface area contributed by atoms with Crippen LogP contribution in [0.3, 0.4) is 0 Å². The first kappa shape index (κ1) is 18.9. The van der Waals surface area contributed by atoms with Crippen LogP contribution in [0.5, 0.6) is 0 Å². The summed E-state index contributed by atoms with van der Waals surface area (Å²) in [4.78, 5) is 24.4. The Labute approximate surface area is 154 Å². The van der Waals surface area contributed by atoms with Crippen molar-refractivity contribution in [3.8, 4) is 0 Å². The summed E-state index contributed by atoms with van der Waals surface area (Å²) in [6.45, 7) is 3.35. The predicted molar refractivity (Wildman–Crippen MR) is 96.5 cm³/mol. The Balaban J connectivity index is 1.73. The van der Waals surface area contributed by atoms with E-state index < -0.39 is 17.6 Å². The number of hydrogen-bond donors (Lipinski definition) is 2. The van der Waals surface area contributed by atoms with Crippen LogP contribution < -0.4 is 10.6 Å². The van der Waals surface area contributed by atoms with E-state index in [1.807, 2.05) is 6.92 Å². The number of rotatable bonds is 4. The molecule has 0 aliphatic heterocycles. The maximum atomic E-state index is 13.0. The van der Waals surface area contributed by atoms with Crippen molar-refractivity contribution in [2.24, 2.45) is 11.8 Å². The quantitative estimate of drug-likeness (QED) is 0.801. The molecule has 2 N–H and O–H groups in total. The van der Waals surface area contributed by atoms with Crippen molar-refractivity contribution in [3.63, 3.8) is 0 Å². The number of carbonyl (C=O) groups is 2. The Morgan fingerprint density at radius 3 is 2.33 bits per heavy atom. The minimum absolute atomic E-state index is 0.00386. The monoisotopic (exact) mass is 376 g/mol. The summed E-state index contributed by atoms with van der Waals surface area (Å²) in [6, 6.07) is 9.94. The highest BCUT2D eigenvalue weighted by atomic mass is 19.4.